The Kier molecular flexibility index (Phi) is 4.47. The smallest absolute Gasteiger partial charge is 0.304 e. The fourth-order valence-corrected chi connectivity index (χ4v) is 3.66. The van der Waals surface area contributed by atoms with Gasteiger partial charge in [0.15, 0.2) is 5.78 Å². The van der Waals surface area contributed by atoms with E-state index in [2.05, 4.69) is 5.10 Å². The van der Waals surface area contributed by atoms with Gasteiger partial charge < -0.3 is 5.11 Å². The van der Waals surface area contributed by atoms with Crippen molar-refractivity contribution in [2.75, 3.05) is 0 Å². The van der Waals surface area contributed by atoms with Crippen LogP contribution in [0.5, 0.6) is 0 Å². The first-order valence-electron chi connectivity index (χ1n) is 7.88. The summed E-state index contributed by atoms with van der Waals surface area (Å²) in [5.74, 6) is -3.19. The minimum atomic E-state index is -1.06. The Balaban J connectivity index is 1.99. The summed E-state index contributed by atoms with van der Waals surface area (Å²) in [6.45, 7) is 3.67. The van der Waals surface area contributed by atoms with E-state index in [1.165, 1.54) is 6.20 Å². The maximum atomic E-state index is 12.6. The first-order valence-corrected chi connectivity index (χ1v) is 8.25. The zero-order valence-electron chi connectivity index (χ0n) is 13.8. The van der Waals surface area contributed by atoms with Gasteiger partial charge in [-0.1, -0.05) is 11.6 Å². The number of carbonyl (C=O) groups excluding carboxylic acids is 2. The molecule has 1 saturated carbocycles. The first kappa shape index (κ1) is 17.4. The van der Waals surface area contributed by atoms with Crippen molar-refractivity contribution in [1.29, 1.82) is 0 Å². The third-order valence-corrected chi connectivity index (χ3v) is 4.76. The van der Waals surface area contributed by atoms with Crippen LogP contribution in [-0.2, 0) is 14.4 Å². The molecular formula is C18H17ClN2O4. The Labute approximate surface area is 149 Å². The molecule has 1 aromatic heterocycles. The van der Waals surface area contributed by atoms with Crippen molar-refractivity contribution >= 4 is 29.1 Å². The van der Waals surface area contributed by atoms with E-state index in [1.54, 1.807) is 10.9 Å². The van der Waals surface area contributed by atoms with E-state index in [-0.39, 0.29) is 24.4 Å². The molecule has 1 aliphatic carbocycles. The molecule has 2 aromatic rings. The van der Waals surface area contributed by atoms with Crippen LogP contribution in [0.3, 0.4) is 0 Å². The van der Waals surface area contributed by atoms with Gasteiger partial charge >= 0.3 is 5.97 Å². The summed E-state index contributed by atoms with van der Waals surface area (Å²) in [4.78, 5) is 35.9. The van der Waals surface area contributed by atoms with Crippen LogP contribution < -0.4 is 0 Å². The Bertz CT molecular complexity index is 864. The lowest BCUT2D eigenvalue weighted by Crippen LogP contribution is -2.19. The molecule has 6 nitrogen and oxygen atoms in total. The molecule has 25 heavy (non-hydrogen) atoms. The van der Waals surface area contributed by atoms with Gasteiger partial charge in [0, 0.05) is 18.5 Å². The van der Waals surface area contributed by atoms with Crippen LogP contribution in [0.25, 0.3) is 5.69 Å². The average molecular weight is 361 g/mol. The van der Waals surface area contributed by atoms with Crippen molar-refractivity contribution < 1.29 is 19.5 Å². The normalized spacial score (nSPS) is 20.3. The van der Waals surface area contributed by atoms with Gasteiger partial charge in [0.25, 0.3) is 0 Å². The van der Waals surface area contributed by atoms with Crippen molar-refractivity contribution in [3.63, 3.8) is 0 Å². The quantitative estimate of drug-likeness (QED) is 0.847. The maximum Gasteiger partial charge on any atom is 0.304 e. The number of ketones is 2. The van der Waals surface area contributed by atoms with Crippen molar-refractivity contribution in [3.8, 4) is 5.69 Å². The molecule has 2 unspecified atom stereocenters. The van der Waals surface area contributed by atoms with Gasteiger partial charge in [0.2, 0.25) is 0 Å². The maximum absolute atomic E-state index is 12.6. The minimum absolute atomic E-state index is 0.00873. The molecule has 0 amide bonds. The number of benzene rings is 1. The van der Waals surface area contributed by atoms with Crippen LogP contribution in [0.4, 0.5) is 0 Å². The number of carbonyl (C=O) groups is 3. The molecule has 1 fully saturated rings. The lowest BCUT2D eigenvalue weighted by Gasteiger charge is -2.17. The molecule has 1 aliphatic rings. The van der Waals surface area contributed by atoms with Gasteiger partial charge in [-0.15, -0.1) is 0 Å². The van der Waals surface area contributed by atoms with Gasteiger partial charge in [-0.25, -0.2) is 4.68 Å². The number of rotatable bonds is 4. The number of hydrogen-bond acceptors (Lipinski definition) is 4. The monoisotopic (exact) mass is 360 g/mol. The number of halogens is 1. The molecule has 2 atom stereocenters. The van der Waals surface area contributed by atoms with E-state index in [1.807, 2.05) is 26.0 Å². The molecule has 0 spiro atoms. The number of hydrogen-bond donors (Lipinski definition) is 1. The molecule has 0 aliphatic heterocycles. The lowest BCUT2D eigenvalue weighted by molar-refractivity contribution is -0.140. The van der Waals surface area contributed by atoms with Gasteiger partial charge in [-0.2, -0.15) is 5.10 Å². The van der Waals surface area contributed by atoms with E-state index >= 15 is 0 Å². The Morgan fingerprint density at radius 3 is 2.48 bits per heavy atom. The summed E-state index contributed by atoms with van der Waals surface area (Å²) in [5, 5.41) is 13.6. The number of carboxylic acid groups (broad SMARTS) is 1. The molecule has 3 rings (SSSR count). The van der Waals surface area contributed by atoms with Gasteiger partial charge in [0.1, 0.15) is 11.7 Å². The molecule has 0 bridgehead atoms. The summed E-state index contributed by atoms with van der Waals surface area (Å²) in [5.41, 5.74) is 3.05. The third kappa shape index (κ3) is 3.22. The topological polar surface area (TPSA) is 89.3 Å². The Hall–Kier alpha value is -2.47. The van der Waals surface area contributed by atoms with Gasteiger partial charge in [-0.05, 0) is 42.7 Å². The van der Waals surface area contributed by atoms with Gasteiger partial charge in [-0.3, -0.25) is 14.4 Å². The number of carboxylic acids is 1. The zero-order valence-corrected chi connectivity index (χ0v) is 14.6. The average Bonchev–Trinajstić information content (AvgIpc) is 3.05. The van der Waals surface area contributed by atoms with Gasteiger partial charge in [0.05, 0.1) is 23.3 Å². The van der Waals surface area contributed by atoms with Crippen molar-refractivity contribution in [3.05, 3.63) is 46.2 Å². The molecule has 1 N–H and O–H groups in total. The summed E-state index contributed by atoms with van der Waals surface area (Å²) in [7, 11) is 0. The van der Waals surface area contributed by atoms with Crippen LogP contribution in [0, 0.1) is 19.8 Å². The van der Waals surface area contributed by atoms with Crippen molar-refractivity contribution in [2.24, 2.45) is 5.92 Å². The van der Waals surface area contributed by atoms with E-state index < -0.39 is 17.8 Å². The summed E-state index contributed by atoms with van der Waals surface area (Å²) in [6.07, 6.45) is 2.89. The molecule has 1 heterocycles. The highest BCUT2D eigenvalue weighted by atomic mass is 35.5. The van der Waals surface area contributed by atoms with Crippen LogP contribution in [0.1, 0.15) is 35.4 Å². The van der Waals surface area contributed by atoms with E-state index in [0.717, 1.165) is 16.8 Å². The number of aryl methyl sites for hydroxylation is 2. The Morgan fingerprint density at radius 1 is 1.32 bits per heavy atom. The number of aliphatic carboxylic acids is 1. The van der Waals surface area contributed by atoms with Crippen LogP contribution in [0.2, 0.25) is 5.02 Å². The fraction of sp³-hybridized carbons (Fsp3) is 0.333. The second-order valence-corrected chi connectivity index (χ2v) is 6.83. The highest BCUT2D eigenvalue weighted by Crippen LogP contribution is 2.37. The third-order valence-electron chi connectivity index (χ3n) is 4.56. The summed E-state index contributed by atoms with van der Waals surface area (Å²) < 4.78 is 1.62. The SMILES string of the molecule is Cc1cc(-n2cc(Cl)cn2)cc(C)c1C1C(=O)CC(CC(=O)O)C1=O. The van der Waals surface area contributed by atoms with Crippen LogP contribution >= 0.6 is 11.6 Å². The standard InChI is InChI=1S/C18H17ClN2O4/c1-9-3-13(21-8-12(19)7-20-21)4-10(2)16(9)17-14(22)5-11(18(17)25)6-15(23)24/h3-4,7-8,11,17H,5-6H2,1-2H3,(H,23,24). The number of aromatic nitrogens is 2. The molecule has 1 aromatic carbocycles. The van der Waals surface area contributed by atoms with Crippen LogP contribution in [-0.4, -0.2) is 32.4 Å². The first-order chi connectivity index (χ1) is 11.8. The van der Waals surface area contributed by atoms with Crippen LogP contribution in [0.15, 0.2) is 24.5 Å². The minimum Gasteiger partial charge on any atom is -0.481 e. The van der Waals surface area contributed by atoms with Crippen molar-refractivity contribution in [1.82, 2.24) is 9.78 Å². The number of Topliss-reactive ketones (excluding diaryl/α,β-unsaturated/α-hetero) is 2. The molecule has 0 saturated heterocycles. The molecule has 130 valence electrons. The predicted molar refractivity (Wildman–Crippen MR) is 91.2 cm³/mol. The summed E-state index contributed by atoms with van der Waals surface area (Å²) in [6, 6.07) is 3.69. The summed E-state index contributed by atoms with van der Waals surface area (Å²) >= 11 is 5.90. The highest BCUT2D eigenvalue weighted by molar-refractivity contribution is 6.30. The second kappa shape index (κ2) is 6.44. The fourth-order valence-electron chi connectivity index (χ4n) is 3.52. The molecule has 7 heteroatoms. The highest BCUT2D eigenvalue weighted by Gasteiger charge is 2.43. The molecular weight excluding hydrogens is 344 g/mol. The van der Waals surface area contributed by atoms with E-state index in [4.69, 9.17) is 16.7 Å². The predicted octanol–water partition coefficient (Wildman–Crippen LogP) is 2.86. The second-order valence-electron chi connectivity index (χ2n) is 6.40. The largest absolute Gasteiger partial charge is 0.481 e. The molecule has 0 radical (unpaired) electrons. The van der Waals surface area contributed by atoms with E-state index in [9.17, 15) is 14.4 Å². The number of nitrogens with zero attached hydrogens (tertiary/aromatic N) is 2. The Morgan fingerprint density at radius 2 is 1.96 bits per heavy atom. The van der Waals surface area contributed by atoms with E-state index in [0.29, 0.717) is 10.6 Å². The van der Waals surface area contributed by atoms with Crippen molar-refractivity contribution in [2.45, 2.75) is 32.6 Å². The zero-order chi connectivity index (χ0) is 18.3. The lowest BCUT2D eigenvalue weighted by atomic mass is 9.87.